The summed E-state index contributed by atoms with van der Waals surface area (Å²) in [5.74, 6) is -0.0968. The normalized spacial score (nSPS) is 29.6. The van der Waals surface area contributed by atoms with Crippen LogP contribution < -0.4 is 5.32 Å². The van der Waals surface area contributed by atoms with Gasteiger partial charge in [0, 0.05) is 6.54 Å². The van der Waals surface area contributed by atoms with Gasteiger partial charge in [-0.05, 0) is 44.0 Å². The molecule has 0 saturated carbocycles. The lowest BCUT2D eigenvalue weighted by atomic mass is 10.1. The minimum Gasteiger partial charge on any atom is -0.367 e. The van der Waals surface area contributed by atoms with Crippen molar-refractivity contribution in [3.8, 4) is 0 Å². The number of ether oxygens (including phenoxy) is 1. The highest BCUT2D eigenvalue weighted by Crippen LogP contribution is 2.26. The zero-order valence-electron chi connectivity index (χ0n) is 12.2. The standard InChI is InChI=1S/C16H21FN2O2/c1-11-9-19(16(20)14-3-2-8-18-14)10-15(21-11)12-4-6-13(17)7-5-12/h4-7,11,14-15,18H,2-3,8-10H2,1H3. The van der Waals surface area contributed by atoms with Gasteiger partial charge in [-0.2, -0.15) is 0 Å². The van der Waals surface area contributed by atoms with Gasteiger partial charge in [-0.15, -0.1) is 0 Å². The van der Waals surface area contributed by atoms with E-state index in [-0.39, 0.29) is 30.0 Å². The quantitative estimate of drug-likeness (QED) is 0.905. The largest absolute Gasteiger partial charge is 0.367 e. The second-order valence-electron chi connectivity index (χ2n) is 5.88. The first kappa shape index (κ1) is 14.5. The van der Waals surface area contributed by atoms with Crippen molar-refractivity contribution >= 4 is 5.91 Å². The van der Waals surface area contributed by atoms with Gasteiger partial charge in [-0.1, -0.05) is 12.1 Å². The predicted molar refractivity (Wildman–Crippen MR) is 77.3 cm³/mol. The maximum absolute atomic E-state index is 13.0. The van der Waals surface area contributed by atoms with E-state index in [1.165, 1.54) is 12.1 Å². The number of benzene rings is 1. The van der Waals surface area contributed by atoms with Gasteiger partial charge in [0.25, 0.3) is 0 Å². The molecule has 2 aliphatic heterocycles. The van der Waals surface area contributed by atoms with Crippen LogP contribution in [0.5, 0.6) is 0 Å². The number of halogens is 1. The topological polar surface area (TPSA) is 41.6 Å². The van der Waals surface area contributed by atoms with Gasteiger partial charge in [-0.3, -0.25) is 4.79 Å². The molecule has 1 amide bonds. The molecule has 4 nitrogen and oxygen atoms in total. The molecule has 0 aromatic heterocycles. The van der Waals surface area contributed by atoms with Crippen molar-refractivity contribution in [3.05, 3.63) is 35.6 Å². The minimum atomic E-state index is -0.259. The Morgan fingerprint density at radius 3 is 2.76 bits per heavy atom. The molecule has 114 valence electrons. The molecular formula is C16H21FN2O2. The SMILES string of the molecule is CC1CN(C(=O)C2CCCN2)CC(c2ccc(F)cc2)O1. The Labute approximate surface area is 124 Å². The van der Waals surface area contributed by atoms with Gasteiger partial charge in [0.05, 0.1) is 18.7 Å². The van der Waals surface area contributed by atoms with E-state index in [0.717, 1.165) is 24.9 Å². The Balaban J connectivity index is 1.71. The summed E-state index contributed by atoms with van der Waals surface area (Å²) in [5.41, 5.74) is 0.917. The summed E-state index contributed by atoms with van der Waals surface area (Å²) in [7, 11) is 0. The molecule has 1 aromatic rings. The molecule has 1 N–H and O–H groups in total. The third-order valence-electron chi connectivity index (χ3n) is 4.17. The van der Waals surface area contributed by atoms with Gasteiger partial charge < -0.3 is 15.0 Å². The molecule has 0 aliphatic carbocycles. The molecule has 2 heterocycles. The summed E-state index contributed by atoms with van der Waals surface area (Å²) in [6.45, 7) is 4.04. The molecule has 2 fully saturated rings. The van der Waals surface area contributed by atoms with Crippen molar-refractivity contribution in [2.75, 3.05) is 19.6 Å². The van der Waals surface area contributed by atoms with Crippen molar-refractivity contribution in [1.29, 1.82) is 0 Å². The minimum absolute atomic E-state index is 0.0147. The van der Waals surface area contributed by atoms with Crippen molar-refractivity contribution in [2.45, 2.75) is 38.0 Å². The fourth-order valence-corrected chi connectivity index (χ4v) is 3.11. The van der Waals surface area contributed by atoms with E-state index in [9.17, 15) is 9.18 Å². The van der Waals surface area contributed by atoms with Crippen LogP contribution in [0.3, 0.4) is 0 Å². The molecule has 3 atom stereocenters. The maximum atomic E-state index is 13.0. The summed E-state index contributed by atoms with van der Waals surface area (Å²) in [6.07, 6.45) is 1.77. The van der Waals surface area contributed by atoms with Crippen LogP contribution in [0.15, 0.2) is 24.3 Å². The fourth-order valence-electron chi connectivity index (χ4n) is 3.11. The van der Waals surface area contributed by atoms with Crippen molar-refractivity contribution < 1.29 is 13.9 Å². The van der Waals surface area contributed by atoms with E-state index in [1.54, 1.807) is 12.1 Å². The fraction of sp³-hybridized carbons (Fsp3) is 0.562. The lowest BCUT2D eigenvalue weighted by molar-refractivity contribution is -0.146. The van der Waals surface area contributed by atoms with Crippen LogP contribution in [-0.2, 0) is 9.53 Å². The van der Waals surface area contributed by atoms with Crippen LogP contribution in [0.1, 0.15) is 31.4 Å². The van der Waals surface area contributed by atoms with E-state index < -0.39 is 0 Å². The van der Waals surface area contributed by atoms with Crippen molar-refractivity contribution in [3.63, 3.8) is 0 Å². The van der Waals surface area contributed by atoms with Crippen LogP contribution in [0.4, 0.5) is 4.39 Å². The Morgan fingerprint density at radius 2 is 2.10 bits per heavy atom. The summed E-state index contributed by atoms with van der Waals surface area (Å²) < 4.78 is 18.9. The van der Waals surface area contributed by atoms with Crippen LogP contribution in [0, 0.1) is 5.82 Å². The number of rotatable bonds is 2. The highest BCUT2D eigenvalue weighted by Gasteiger charge is 2.33. The first-order valence-electron chi connectivity index (χ1n) is 7.56. The van der Waals surface area contributed by atoms with E-state index in [1.807, 2.05) is 11.8 Å². The molecule has 2 saturated heterocycles. The third kappa shape index (κ3) is 3.24. The van der Waals surface area contributed by atoms with Crippen LogP contribution >= 0.6 is 0 Å². The molecule has 2 aliphatic rings. The van der Waals surface area contributed by atoms with Gasteiger partial charge in [0.15, 0.2) is 0 Å². The number of nitrogens with zero attached hydrogens (tertiary/aromatic N) is 1. The maximum Gasteiger partial charge on any atom is 0.239 e. The van der Waals surface area contributed by atoms with Gasteiger partial charge >= 0.3 is 0 Å². The summed E-state index contributed by atoms with van der Waals surface area (Å²) >= 11 is 0. The Kier molecular flexibility index (Phi) is 4.22. The Bertz CT molecular complexity index is 500. The predicted octanol–water partition coefficient (Wildman–Crippen LogP) is 1.87. The second kappa shape index (κ2) is 6.12. The lowest BCUT2D eigenvalue weighted by Gasteiger charge is -2.38. The second-order valence-corrected chi connectivity index (χ2v) is 5.88. The molecule has 0 radical (unpaired) electrons. The highest BCUT2D eigenvalue weighted by atomic mass is 19.1. The van der Waals surface area contributed by atoms with Crippen LogP contribution in [0.25, 0.3) is 0 Å². The van der Waals surface area contributed by atoms with E-state index in [4.69, 9.17) is 4.74 Å². The zero-order chi connectivity index (χ0) is 14.8. The molecule has 3 unspecified atom stereocenters. The third-order valence-corrected chi connectivity index (χ3v) is 4.17. The lowest BCUT2D eigenvalue weighted by Crippen LogP contribution is -2.51. The van der Waals surface area contributed by atoms with Gasteiger partial charge in [0.2, 0.25) is 5.91 Å². The van der Waals surface area contributed by atoms with Gasteiger partial charge in [-0.25, -0.2) is 4.39 Å². The number of nitrogens with one attached hydrogen (secondary N) is 1. The Morgan fingerprint density at radius 1 is 1.33 bits per heavy atom. The average molecular weight is 292 g/mol. The number of hydrogen-bond acceptors (Lipinski definition) is 3. The van der Waals surface area contributed by atoms with E-state index in [2.05, 4.69) is 5.32 Å². The number of carbonyl (C=O) groups excluding carboxylic acids is 1. The van der Waals surface area contributed by atoms with Crippen molar-refractivity contribution in [1.82, 2.24) is 10.2 Å². The average Bonchev–Trinajstić information content (AvgIpc) is 3.00. The molecule has 3 rings (SSSR count). The van der Waals surface area contributed by atoms with E-state index >= 15 is 0 Å². The van der Waals surface area contributed by atoms with E-state index in [0.29, 0.717) is 13.1 Å². The molecule has 1 aromatic carbocycles. The monoisotopic (exact) mass is 292 g/mol. The molecule has 21 heavy (non-hydrogen) atoms. The van der Waals surface area contributed by atoms with Crippen LogP contribution in [-0.4, -0.2) is 42.6 Å². The Hall–Kier alpha value is -1.46. The number of hydrogen-bond donors (Lipinski definition) is 1. The number of morpholine rings is 1. The molecular weight excluding hydrogens is 271 g/mol. The molecule has 0 bridgehead atoms. The number of carbonyl (C=O) groups is 1. The van der Waals surface area contributed by atoms with Crippen molar-refractivity contribution in [2.24, 2.45) is 0 Å². The summed E-state index contributed by atoms with van der Waals surface area (Å²) in [4.78, 5) is 14.4. The van der Waals surface area contributed by atoms with Gasteiger partial charge in [0.1, 0.15) is 11.9 Å². The summed E-state index contributed by atoms with van der Waals surface area (Å²) in [5, 5.41) is 3.25. The molecule has 0 spiro atoms. The first-order valence-corrected chi connectivity index (χ1v) is 7.56. The zero-order valence-corrected chi connectivity index (χ0v) is 12.2. The molecule has 5 heteroatoms. The summed E-state index contributed by atoms with van der Waals surface area (Å²) in [6, 6.07) is 6.28. The van der Waals surface area contributed by atoms with Crippen LogP contribution in [0.2, 0.25) is 0 Å². The number of amides is 1. The smallest absolute Gasteiger partial charge is 0.239 e. The first-order chi connectivity index (χ1) is 10.1. The highest BCUT2D eigenvalue weighted by molar-refractivity contribution is 5.82.